The van der Waals surface area contributed by atoms with E-state index in [0.29, 0.717) is 0 Å². The van der Waals surface area contributed by atoms with E-state index in [9.17, 15) is 0 Å². The topological polar surface area (TPSA) is 22.3 Å². The van der Waals surface area contributed by atoms with Gasteiger partial charge < -0.3 is 0 Å². The third kappa shape index (κ3) is 2.79. The number of aryl methyl sites for hydroxylation is 1. The van der Waals surface area contributed by atoms with E-state index in [4.69, 9.17) is 9.47 Å². The molecule has 3 nitrogen and oxygen atoms in total. The van der Waals surface area contributed by atoms with Crippen LogP contribution in [0.2, 0.25) is 0 Å². The molecular formula is C17H18NO2Te+. The second-order valence-electron chi connectivity index (χ2n) is 4.87. The standard InChI is InChI=1S/C17H18NO2Te/c1-12-18(11-13-7-5-4-6-8-13)14-9-15(19-2)16(20-3)10-17(14)21-12/h4-10H,11H2,1-3H3/q+1. The van der Waals surface area contributed by atoms with Crippen LogP contribution in [0, 0.1) is 6.92 Å². The van der Waals surface area contributed by atoms with Gasteiger partial charge in [-0.3, -0.25) is 0 Å². The normalized spacial score (nSPS) is 10.8. The molecule has 3 rings (SSSR count). The Kier molecular flexibility index (Phi) is 4.19. The van der Waals surface area contributed by atoms with Crippen LogP contribution in [0.4, 0.5) is 0 Å². The van der Waals surface area contributed by atoms with E-state index in [2.05, 4.69) is 54.0 Å². The molecule has 1 aromatic heterocycles. The minimum absolute atomic E-state index is 0.308. The van der Waals surface area contributed by atoms with Gasteiger partial charge in [0.2, 0.25) is 0 Å². The zero-order valence-corrected chi connectivity index (χ0v) is 14.8. The maximum absolute atomic E-state index is 5.45. The van der Waals surface area contributed by atoms with Crippen LogP contribution in [-0.2, 0) is 6.54 Å². The summed E-state index contributed by atoms with van der Waals surface area (Å²) in [7, 11) is 3.38. The zero-order valence-electron chi connectivity index (χ0n) is 12.4. The summed E-state index contributed by atoms with van der Waals surface area (Å²) in [6.45, 7) is 3.16. The van der Waals surface area contributed by atoms with Crippen molar-refractivity contribution in [2.24, 2.45) is 0 Å². The fraction of sp³-hybridized carbons (Fsp3) is 0.235. The van der Waals surface area contributed by atoms with Gasteiger partial charge in [0, 0.05) is 0 Å². The van der Waals surface area contributed by atoms with Crippen molar-refractivity contribution in [1.29, 1.82) is 0 Å². The van der Waals surface area contributed by atoms with Gasteiger partial charge in [0.05, 0.1) is 0 Å². The van der Waals surface area contributed by atoms with Gasteiger partial charge in [0.25, 0.3) is 0 Å². The van der Waals surface area contributed by atoms with Crippen LogP contribution in [0.1, 0.15) is 9.27 Å². The first-order valence-electron chi connectivity index (χ1n) is 6.82. The fourth-order valence-electron chi connectivity index (χ4n) is 2.49. The minimum atomic E-state index is -0.308. The third-order valence-electron chi connectivity index (χ3n) is 3.58. The predicted octanol–water partition coefficient (Wildman–Crippen LogP) is 2.56. The number of hydrogen-bond donors (Lipinski definition) is 0. The van der Waals surface area contributed by atoms with E-state index in [0.717, 1.165) is 18.0 Å². The van der Waals surface area contributed by atoms with Crippen molar-refractivity contribution in [1.82, 2.24) is 0 Å². The molecule has 0 aliphatic carbocycles. The summed E-state index contributed by atoms with van der Waals surface area (Å²) in [5.74, 6) is 1.63. The number of methoxy groups -OCH3 is 2. The van der Waals surface area contributed by atoms with Gasteiger partial charge >= 0.3 is 134 Å². The molecule has 3 aromatic rings. The monoisotopic (exact) mass is 398 g/mol. The Morgan fingerprint density at radius 2 is 1.67 bits per heavy atom. The van der Waals surface area contributed by atoms with Crippen molar-refractivity contribution < 1.29 is 14.0 Å². The number of ether oxygens (including phenoxy) is 2. The molecule has 0 spiro atoms. The molecule has 0 saturated carbocycles. The Morgan fingerprint density at radius 3 is 2.33 bits per heavy atom. The second-order valence-corrected chi connectivity index (χ2v) is 8.39. The number of nitrogens with zero attached hydrogens (tertiary/aromatic N) is 1. The molecule has 0 radical (unpaired) electrons. The Hall–Kier alpha value is -1.50. The van der Waals surface area contributed by atoms with E-state index in [-0.39, 0.29) is 20.4 Å². The van der Waals surface area contributed by atoms with E-state index in [1.54, 1.807) is 14.2 Å². The number of fused-ring (bicyclic) bond motifs is 1. The maximum atomic E-state index is 5.45. The molecule has 0 atom stereocenters. The van der Waals surface area contributed by atoms with E-state index >= 15 is 0 Å². The van der Waals surface area contributed by atoms with Gasteiger partial charge in [-0.05, 0) is 0 Å². The summed E-state index contributed by atoms with van der Waals surface area (Å²) in [5, 5.41) is 0. The Bertz CT molecular complexity index is 765. The average Bonchev–Trinajstić information content (AvgIpc) is 2.82. The first-order chi connectivity index (χ1) is 10.2. The molecule has 0 amide bonds. The van der Waals surface area contributed by atoms with Crippen LogP contribution >= 0.6 is 0 Å². The van der Waals surface area contributed by atoms with Gasteiger partial charge in [-0.25, -0.2) is 0 Å². The van der Waals surface area contributed by atoms with Crippen molar-refractivity contribution in [3.05, 3.63) is 51.7 Å². The summed E-state index contributed by atoms with van der Waals surface area (Å²) < 4.78 is 16.2. The molecule has 0 aliphatic heterocycles. The van der Waals surface area contributed by atoms with Crippen molar-refractivity contribution in [3.63, 3.8) is 0 Å². The third-order valence-corrected chi connectivity index (χ3v) is 6.61. The van der Waals surface area contributed by atoms with Gasteiger partial charge in [0.15, 0.2) is 0 Å². The number of benzene rings is 2. The number of hydrogen-bond acceptors (Lipinski definition) is 2. The Morgan fingerprint density at radius 1 is 1.00 bits per heavy atom. The van der Waals surface area contributed by atoms with Crippen molar-refractivity contribution in [2.75, 3.05) is 14.2 Å². The van der Waals surface area contributed by atoms with Gasteiger partial charge in [-0.1, -0.05) is 0 Å². The first-order valence-corrected chi connectivity index (χ1v) is 9.15. The summed E-state index contributed by atoms with van der Waals surface area (Å²) >= 11 is -0.308. The van der Waals surface area contributed by atoms with Crippen LogP contribution in [-0.4, -0.2) is 34.7 Å². The molecule has 0 fully saturated rings. The number of rotatable bonds is 4. The van der Waals surface area contributed by atoms with Crippen LogP contribution in [0.25, 0.3) is 8.92 Å². The summed E-state index contributed by atoms with van der Waals surface area (Å²) in [6, 6.07) is 14.8. The first kappa shape index (κ1) is 14.4. The van der Waals surface area contributed by atoms with Crippen molar-refractivity contribution in [2.45, 2.75) is 13.5 Å². The Balaban J connectivity index is 2.12. The summed E-state index contributed by atoms with van der Waals surface area (Å²) in [4.78, 5) is 0. The van der Waals surface area contributed by atoms with Crippen molar-refractivity contribution in [3.8, 4) is 11.5 Å². The SMILES string of the molecule is COc1cc2[te]c(C)[n+](Cc3ccccc3)c2cc1OC. The molecule has 0 bridgehead atoms. The second kappa shape index (κ2) is 6.09. The van der Waals surface area contributed by atoms with Crippen LogP contribution < -0.4 is 14.0 Å². The quantitative estimate of drug-likeness (QED) is 0.500. The molecule has 4 heteroatoms. The van der Waals surface area contributed by atoms with E-state index < -0.39 is 0 Å². The number of aromatic nitrogens is 1. The average molecular weight is 396 g/mol. The molecule has 0 unspecified atom stereocenters. The summed E-state index contributed by atoms with van der Waals surface area (Å²) in [5.41, 5.74) is 2.60. The van der Waals surface area contributed by atoms with Crippen LogP contribution in [0.3, 0.4) is 0 Å². The van der Waals surface area contributed by atoms with Crippen LogP contribution in [0.15, 0.2) is 42.5 Å². The molecule has 2 aromatic carbocycles. The van der Waals surface area contributed by atoms with Crippen molar-refractivity contribution >= 4 is 29.3 Å². The van der Waals surface area contributed by atoms with Gasteiger partial charge in [-0.2, -0.15) is 0 Å². The van der Waals surface area contributed by atoms with Gasteiger partial charge in [0.1, 0.15) is 0 Å². The molecule has 1 heterocycles. The molecule has 0 aliphatic rings. The molecular weight excluding hydrogens is 378 g/mol. The Labute approximate surface area is 134 Å². The molecule has 21 heavy (non-hydrogen) atoms. The molecule has 108 valence electrons. The van der Waals surface area contributed by atoms with Crippen LogP contribution in [0.5, 0.6) is 11.5 Å². The molecule has 0 N–H and O–H groups in total. The fourth-order valence-corrected chi connectivity index (χ4v) is 5.43. The zero-order chi connectivity index (χ0) is 14.8. The van der Waals surface area contributed by atoms with E-state index in [1.807, 2.05) is 0 Å². The predicted molar refractivity (Wildman–Crippen MR) is 84.5 cm³/mol. The molecule has 0 saturated heterocycles. The summed E-state index contributed by atoms with van der Waals surface area (Å²) in [6.07, 6.45) is 0. The van der Waals surface area contributed by atoms with Gasteiger partial charge in [-0.15, -0.1) is 0 Å². The van der Waals surface area contributed by atoms with E-state index in [1.165, 1.54) is 18.2 Å².